The Labute approximate surface area is 130 Å². The maximum absolute atomic E-state index is 12.4. The smallest absolute Gasteiger partial charge is 0.345 e. The Bertz CT molecular complexity index is 1010. The molecule has 0 aliphatic heterocycles. The lowest BCUT2D eigenvalue weighted by Gasteiger charge is -2.10. The van der Waals surface area contributed by atoms with Crippen LogP contribution in [0.5, 0.6) is 0 Å². The lowest BCUT2D eigenvalue weighted by molar-refractivity contribution is 0.546. The van der Waals surface area contributed by atoms with E-state index in [4.69, 9.17) is 4.42 Å². The summed E-state index contributed by atoms with van der Waals surface area (Å²) in [7, 11) is 0. The van der Waals surface area contributed by atoms with Crippen molar-refractivity contribution in [2.24, 2.45) is 0 Å². The van der Waals surface area contributed by atoms with Crippen LogP contribution in [-0.4, -0.2) is 9.97 Å². The molecule has 118 valence electrons. The molecule has 6 nitrogen and oxygen atoms in total. The molecule has 0 saturated heterocycles. The van der Waals surface area contributed by atoms with Gasteiger partial charge in [0.25, 0.3) is 5.56 Å². The first-order chi connectivity index (χ1) is 11.1. The topological polar surface area (TPSA) is 95.9 Å². The van der Waals surface area contributed by atoms with Crippen LogP contribution in [0.3, 0.4) is 0 Å². The molecule has 0 fully saturated rings. The Morgan fingerprint density at radius 1 is 1.04 bits per heavy atom. The van der Waals surface area contributed by atoms with Crippen molar-refractivity contribution >= 4 is 11.1 Å². The van der Waals surface area contributed by atoms with E-state index in [1.165, 1.54) is 0 Å². The van der Waals surface area contributed by atoms with Gasteiger partial charge >= 0.3 is 11.3 Å². The van der Waals surface area contributed by atoms with Crippen LogP contribution in [0.15, 0.2) is 49.1 Å². The van der Waals surface area contributed by atoms with Crippen molar-refractivity contribution < 1.29 is 4.42 Å². The number of rotatable bonds is 4. The van der Waals surface area contributed by atoms with Gasteiger partial charge in [-0.15, -0.1) is 0 Å². The molecule has 0 saturated carbocycles. The van der Waals surface area contributed by atoms with Gasteiger partial charge in [-0.25, -0.2) is 9.59 Å². The van der Waals surface area contributed by atoms with E-state index in [1.807, 2.05) is 25.1 Å². The van der Waals surface area contributed by atoms with Crippen LogP contribution < -0.4 is 16.9 Å². The van der Waals surface area contributed by atoms with Gasteiger partial charge < -0.3 is 4.42 Å². The fourth-order valence-corrected chi connectivity index (χ4v) is 2.71. The van der Waals surface area contributed by atoms with Crippen molar-refractivity contribution in [1.29, 1.82) is 0 Å². The molecule has 1 aromatic carbocycles. The molecule has 2 aromatic heterocycles. The Morgan fingerprint density at radius 2 is 1.78 bits per heavy atom. The largest absolute Gasteiger partial charge is 0.405 e. The number of aromatic nitrogens is 2. The summed E-state index contributed by atoms with van der Waals surface area (Å²) >= 11 is 0. The molecule has 2 heterocycles. The zero-order chi connectivity index (χ0) is 16.4. The van der Waals surface area contributed by atoms with Gasteiger partial charge in [-0.1, -0.05) is 43.7 Å². The van der Waals surface area contributed by atoms with E-state index in [0.717, 1.165) is 12.8 Å². The van der Waals surface area contributed by atoms with Gasteiger partial charge in [0, 0.05) is 0 Å². The second kappa shape index (κ2) is 6.08. The van der Waals surface area contributed by atoms with Crippen LogP contribution in [0.25, 0.3) is 22.2 Å². The summed E-state index contributed by atoms with van der Waals surface area (Å²) in [5.74, 6) is 0. The highest BCUT2D eigenvalue weighted by Gasteiger charge is 2.19. The fraction of sp³-hybridized carbons (Fsp3) is 0.235. The average molecular weight is 312 g/mol. The van der Waals surface area contributed by atoms with Crippen molar-refractivity contribution in [2.45, 2.75) is 26.2 Å². The normalized spacial score (nSPS) is 11.0. The molecular weight excluding hydrogens is 296 g/mol. The molecule has 0 bridgehead atoms. The van der Waals surface area contributed by atoms with E-state index in [2.05, 4.69) is 9.97 Å². The molecule has 0 aliphatic carbocycles. The number of aryl methyl sites for hydroxylation is 1. The number of hydrogen-bond acceptors (Lipinski definition) is 4. The molecule has 0 unspecified atom stereocenters. The van der Waals surface area contributed by atoms with Gasteiger partial charge in [0.05, 0.1) is 5.56 Å². The summed E-state index contributed by atoms with van der Waals surface area (Å²) in [6.07, 6.45) is 2.28. The van der Waals surface area contributed by atoms with Gasteiger partial charge in [-0.05, 0) is 24.0 Å². The average Bonchev–Trinajstić information content (AvgIpc) is 2.52. The first kappa shape index (κ1) is 15.0. The highest BCUT2D eigenvalue weighted by atomic mass is 16.4. The van der Waals surface area contributed by atoms with Crippen molar-refractivity contribution in [2.75, 3.05) is 0 Å². The SMILES string of the molecule is CCCCc1c(-c2ccccc2)c(=O)oc2[nH]c(=O)[nH]c(=O)c12. The van der Waals surface area contributed by atoms with E-state index in [0.29, 0.717) is 23.1 Å². The molecule has 0 amide bonds. The maximum Gasteiger partial charge on any atom is 0.345 e. The predicted octanol–water partition coefficient (Wildman–Crippen LogP) is 2.18. The van der Waals surface area contributed by atoms with Crippen LogP contribution in [0, 0.1) is 0 Å². The minimum atomic E-state index is -0.695. The summed E-state index contributed by atoms with van der Waals surface area (Å²) in [5.41, 5.74) is -0.188. The van der Waals surface area contributed by atoms with Gasteiger partial charge in [0.1, 0.15) is 5.39 Å². The van der Waals surface area contributed by atoms with Crippen molar-refractivity contribution in [3.63, 3.8) is 0 Å². The molecule has 2 N–H and O–H groups in total. The lowest BCUT2D eigenvalue weighted by atomic mass is 9.96. The number of hydrogen-bond donors (Lipinski definition) is 2. The molecule has 0 aliphatic rings. The summed E-state index contributed by atoms with van der Waals surface area (Å²) < 4.78 is 5.20. The molecule has 3 aromatic rings. The van der Waals surface area contributed by atoms with E-state index in [-0.39, 0.29) is 11.1 Å². The van der Waals surface area contributed by atoms with Gasteiger partial charge in [0.15, 0.2) is 0 Å². The second-order valence-electron chi connectivity index (χ2n) is 5.33. The third-order valence-electron chi connectivity index (χ3n) is 3.75. The third-order valence-corrected chi connectivity index (χ3v) is 3.75. The summed E-state index contributed by atoms with van der Waals surface area (Å²) in [6.45, 7) is 2.03. The highest BCUT2D eigenvalue weighted by Crippen LogP contribution is 2.25. The molecule has 0 radical (unpaired) electrons. The van der Waals surface area contributed by atoms with Gasteiger partial charge in [0.2, 0.25) is 5.71 Å². The second-order valence-corrected chi connectivity index (χ2v) is 5.33. The molecular formula is C17H16N2O4. The number of H-pyrrole nitrogens is 2. The van der Waals surface area contributed by atoms with E-state index >= 15 is 0 Å². The minimum absolute atomic E-state index is 0.0745. The van der Waals surface area contributed by atoms with Crippen molar-refractivity contribution in [1.82, 2.24) is 9.97 Å². The Hall–Kier alpha value is -2.89. The number of unbranched alkanes of at least 4 members (excludes halogenated alkanes) is 1. The first-order valence-electron chi connectivity index (χ1n) is 7.49. The minimum Gasteiger partial charge on any atom is -0.405 e. The Morgan fingerprint density at radius 3 is 2.48 bits per heavy atom. The van der Waals surface area contributed by atoms with E-state index < -0.39 is 16.9 Å². The molecule has 23 heavy (non-hydrogen) atoms. The molecule has 0 spiro atoms. The third kappa shape index (κ3) is 2.75. The van der Waals surface area contributed by atoms with Gasteiger partial charge in [-0.2, -0.15) is 0 Å². The van der Waals surface area contributed by atoms with Crippen LogP contribution >= 0.6 is 0 Å². The standard InChI is InChI=1S/C17H16N2O4/c1-2-3-9-11-12(10-7-5-4-6-8-10)16(21)23-15-13(11)14(20)18-17(22)19-15/h4-8H,2-3,9H2,1H3,(H2,18,19,20,22). The summed E-state index contributed by atoms with van der Waals surface area (Å²) in [4.78, 5) is 40.7. The summed E-state index contributed by atoms with van der Waals surface area (Å²) in [5, 5.41) is 0.233. The number of nitrogens with one attached hydrogen (secondary N) is 2. The lowest BCUT2D eigenvalue weighted by Crippen LogP contribution is -2.25. The fourth-order valence-electron chi connectivity index (χ4n) is 2.71. The first-order valence-corrected chi connectivity index (χ1v) is 7.49. The van der Waals surface area contributed by atoms with Crippen LogP contribution in [0.2, 0.25) is 0 Å². The number of benzene rings is 1. The predicted molar refractivity (Wildman–Crippen MR) is 87.8 cm³/mol. The highest BCUT2D eigenvalue weighted by molar-refractivity contribution is 5.83. The molecule has 0 atom stereocenters. The van der Waals surface area contributed by atoms with Crippen molar-refractivity contribution in [3.05, 3.63) is 67.2 Å². The van der Waals surface area contributed by atoms with Crippen molar-refractivity contribution in [3.8, 4) is 11.1 Å². The van der Waals surface area contributed by atoms with Crippen LogP contribution in [-0.2, 0) is 6.42 Å². The zero-order valence-corrected chi connectivity index (χ0v) is 12.6. The monoisotopic (exact) mass is 312 g/mol. The number of aromatic amines is 2. The Kier molecular flexibility index (Phi) is 3.97. The quantitative estimate of drug-likeness (QED) is 0.771. The molecule has 6 heteroatoms. The van der Waals surface area contributed by atoms with Crippen LogP contribution in [0.1, 0.15) is 25.3 Å². The zero-order valence-electron chi connectivity index (χ0n) is 12.6. The van der Waals surface area contributed by atoms with E-state index in [1.54, 1.807) is 12.1 Å². The Balaban J connectivity index is 2.44. The van der Waals surface area contributed by atoms with E-state index in [9.17, 15) is 14.4 Å². The summed E-state index contributed by atoms with van der Waals surface area (Å²) in [6, 6.07) is 9.09. The maximum atomic E-state index is 12.4. The van der Waals surface area contributed by atoms with Crippen LogP contribution in [0.4, 0.5) is 0 Å². The van der Waals surface area contributed by atoms with Gasteiger partial charge in [-0.3, -0.25) is 14.8 Å². The number of fused-ring (bicyclic) bond motifs is 1. The molecule has 3 rings (SSSR count).